The maximum Gasteiger partial charge on any atom is 0.416 e. The van der Waals surface area contributed by atoms with Gasteiger partial charge in [-0.1, -0.05) is 6.07 Å². The summed E-state index contributed by atoms with van der Waals surface area (Å²) >= 11 is 0. The van der Waals surface area contributed by atoms with Crippen molar-refractivity contribution in [2.24, 2.45) is 0 Å². The van der Waals surface area contributed by atoms with Gasteiger partial charge in [0.05, 0.1) is 19.8 Å². The van der Waals surface area contributed by atoms with Gasteiger partial charge in [-0.3, -0.25) is 4.79 Å². The Hall–Kier alpha value is -2.70. The maximum atomic E-state index is 12.6. The summed E-state index contributed by atoms with van der Waals surface area (Å²) in [7, 11) is 3.05. The van der Waals surface area contributed by atoms with E-state index in [1.807, 2.05) is 13.0 Å². The molecule has 1 amide bonds. The zero-order valence-electron chi connectivity index (χ0n) is 14.8. The molecule has 7 heteroatoms. The number of hydrogen-bond acceptors (Lipinski definition) is 3. The van der Waals surface area contributed by atoms with Gasteiger partial charge in [0.2, 0.25) is 0 Å². The van der Waals surface area contributed by atoms with Crippen molar-refractivity contribution in [1.82, 2.24) is 4.90 Å². The monoisotopic (exact) mass is 367 g/mol. The molecule has 4 nitrogen and oxygen atoms in total. The largest absolute Gasteiger partial charge is 0.493 e. The standard InChI is InChI=1S/C19H20F3NO3/c1-4-23(12-13-5-10-16(25-2)17(11-13)26-3)18(24)14-6-8-15(9-7-14)19(20,21)22/h5-11H,4,12H2,1-3H3. The Bertz CT molecular complexity index is 758. The SMILES string of the molecule is CCN(Cc1ccc(OC)c(OC)c1)C(=O)c1ccc(C(F)(F)F)cc1. The normalized spacial score (nSPS) is 11.2. The molecule has 0 atom stereocenters. The molecule has 0 N–H and O–H groups in total. The molecule has 0 saturated carbocycles. The topological polar surface area (TPSA) is 38.8 Å². The smallest absolute Gasteiger partial charge is 0.416 e. The first kappa shape index (κ1) is 19.6. The Morgan fingerprint density at radius 3 is 2.12 bits per heavy atom. The number of benzene rings is 2. The first-order valence-electron chi connectivity index (χ1n) is 7.97. The predicted molar refractivity (Wildman–Crippen MR) is 91.4 cm³/mol. The summed E-state index contributed by atoms with van der Waals surface area (Å²) in [6.45, 7) is 2.52. The molecule has 0 aromatic heterocycles. The summed E-state index contributed by atoms with van der Waals surface area (Å²) in [5.41, 5.74) is 0.252. The summed E-state index contributed by atoms with van der Waals surface area (Å²) in [5, 5.41) is 0. The molecule has 0 saturated heterocycles. The van der Waals surface area contributed by atoms with Crippen molar-refractivity contribution in [3.05, 3.63) is 59.2 Å². The molecule has 0 fully saturated rings. The highest BCUT2D eigenvalue weighted by Crippen LogP contribution is 2.30. The zero-order chi connectivity index (χ0) is 19.3. The van der Waals surface area contributed by atoms with Crippen molar-refractivity contribution in [3.8, 4) is 11.5 Å². The molecule has 0 heterocycles. The van der Waals surface area contributed by atoms with Crippen molar-refractivity contribution in [1.29, 1.82) is 0 Å². The number of halogens is 3. The third-order valence-electron chi connectivity index (χ3n) is 3.95. The molecule has 0 aliphatic heterocycles. The number of ether oxygens (including phenoxy) is 2. The van der Waals surface area contributed by atoms with E-state index in [0.717, 1.165) is 17.7 Å². The average molecular weight is 367 g/mol. The van der Waals surface area contributed by atoms with E-state index in [9.17, 15) is 18.0 Å². The highest BCUT2D eigenvalue weighted by Gasteiger charge is 2.30. The van der Waals surface area contributed by atoms with Crippen LogP contribution in [0.4, 0.5) is 13.2 Å². The fraction of sp³-hybridized carbons (Fsp3) is 0.316. The van der Waals surface area contributed by atoms with Gasteiger partial charge in [0, 0.05) is 18.7 Å². The lowest BCUT2D eigenvalue weighted by Crippen LogP contribution is -2.30. The lowest BCUT2D eigenvalue weighted by Gasteiger charge is -2.22. The molecule has 2 aromatic carbocycles. The third kappa shape index (κ3) is 4.47. The summed E-state index contributed by atoms with van der Waals surface area (Å²) in [5.74, 6) is 0.785. The third-order valence-corrected chi connectivity index (χ3v) is 3.95. The molecule has 0 radical (unpaired) electrons. The van der Waals surface area contributed by atoms with Gasteiger partial charge in [0.25, 0.3) is 5.91 Å². The van der Waals surface area contributed by atoms with Gasteiger partial charge < -0.3 is 14.4 Å². The van der Waals surface area contributed by atoms with Gasteiger partial charge in [0.1, 0.15) is 0 Å². The molecule has 2 rings (SSSR count). The van der Waals surface area contributed by atoms with E-state index in [1.54, 1.807) is 17.0 Å². The van der Waals surface area contributed by atoms with Gasteiger partial charge in [-0.15, -0.1) is 0 Å². The summed E-state index contributed by atoms with van der Waals surface area (Å²) in [6.07, 6.45) is -4.42. The van der Waals surface area contributed by atoms with Crippen LogP contribution < -0.4 is 9.47 Å². The van der Waals surface area contributed by atoms with Crippen molar-refractivity contribution in [3.63, 3.8) is 0 Å². The number of carbonyl (C=O) groups excluding carboxylic acids is 1. The van der Waals surface area contributed by atoms with Crippen LogP contribution in [0.5, 0.6) is 11.5 Å². The van der Waals surface area contributed by atoms with E-state index < -0.39 is 11.7 Å². The molecule has 26 heavy (non-hydrogen) atoms. The lowest BCUT2D eigenvalue weighted by atomic mass is 10.1. The number of alkyl halides is 3. The minimum absolute atomic E-state index is 0.209. The first-order valence-corrected chi connectivity index (χ1v) is 7.97. The molecule has 0 spiro atoms. The van der Waals surface area contributed by atoms with E-state index in [4.69, 9.17) is 9.47 Å². The minimum atomic E-state index is -4.42. The van der Waals surface area contributed by atoms with E-state index in [0.29, 0.717) is 24.6 Å². The Kier molecular flexibility index (Phi) is 6.13. The van der Waals surface area contributed by atoms with Crippen LogP contribution in [0.25, 0.3) is 0 Å². The molecule has 2 aromatic rings. The summed E-state index contributed by atoms with van der Waals surface area (Å²) in [4.78, 5) is 14.2. The number of nitrogens with zero attached hydrogens (tertiary/aromatic N) is 1. The van der Waals surface area contributed by atoms with Crippen molar-refractivity contribution in [2.45, 2.75) is 19.6 Å². The Morgan fingerprint density at radius 1 is 1.00 bits per heavy atom. The Morgan fingerprint density at radius 2 is 1.62 bits per heavy atom. The molecular formula is C19H20F3NO3. The van der Waals surface area contributed by atoms with Gasteiger partial charge in [0.15, 0.2) is 11.5 Å². The van der Waals surface area contributed by atoms with Gasteiger partial charge >= 0.3 is 6.18 Å². The van der Waals surface area contributed by atoms with E-state index in [1.165, 1.54) is 26.4 Å². The zero-order valence-corrected chi connectivity index (χ0v) is 14.8. The van der Waals surface area contributed by atoms with Crippen LogP contribution in [0.15, 0.2) is 42.5 Å². The summed E-state index contributed by atoms with van der Waals surface area (Å²) in [6, 6.07) is 9.54. The van der Waals surface area contributed by atoms with Crippen LogP contribution in [-0.2, 0) is 12.7 Å². The second-order valence-electron chi connectivity index (χ2n) is 5.58. The van der Waals surface area contributed by atoms with Crippen LogP contribution >= 0.6 is 0 Å². The first-order chi connectivity index (χ1) is 12.3. The van der Waals surface area contributed by atoms with E-state index >= 15 is 0 Å². The number of methoxy groups -OCH3 is 2. The van der Waals surface area contributed by atoms with Crippen LogP contribution in [0.2, 0.25) is 0 Å². The van der Waals surface area contributed by atoms with E-state index in [2.05, 4.69) is 0 Å². The van der Waals surface area contributed by atoms with Crippen molar-refractivity contribution in [2.75, 3.05) is 20.8 Å². The van der Waals surface area contributed by atoms with Crippen molar-refractivity contribution < 1.29 is 27.4 Å². The van der Waals surface area contributed by atoms with Crippen LogP contribution in [0.1, 0.15) is 28.4 Å². The maximum absolute atomic E-state index is 12.6. The fourth-order valence-corrected chi connectivity index (χ4v) is 2.51. The number of hydrogen-bond donors (Lipinski definition) is 0. The molecule has 0 aliphatic carbocycles. The highest BCUT2D eigenvalue weighted by atomic mass is 19.4. The van der Waals surface area contributed by atoms with Crippen molar-refractivity contribution >= 4 is 5.91 Å². The number of amides is 1. The van der Waals surface area contributed by atoms with Gasteiger partial charge in [-0.05, 0) is 48.9 Å². The molecule has 140 valence electrons. The Labute approximate surface area is 150 Å². The molecule has 0 unspecified atom stereocenters. The Balaban J connectivity index is 2.19. The number of rotatable bonds is 6. The fourth-order valence-electron chi connectivity index (χ4n) is 2.51. The van der Waals surface area contributed by atoms with Crippen LogP contribution in [-0.4, -0.2) is 31.6 Å². The van der Waals surface area contributed by atoms with Crippen LogP contribution in [0, 0.1) is 0 Å². The second kappa shape index (κ2) is 8.12. The molecular weight excluding hydrogens is 347 g/mol. The average Bonchev–Trinajstić information content (AvgIpc) is 2.64. The second-order valence-corrected chi connectivity index (χ2v) is 5.58. The number of carbonyl (C=O) groups is 1. The molecule has 0 bridgehead atoms. The quantitative estimate of drug-likeness (QED) is 0.760. The van der Waals surface area contributed by atoms with Gasteiger partial charge in [-0.25, -0.2) is 0 Å². The molecule has 0 aliphatic rings. The van der Waals surface area contributed by atoms with Crippen LogP contribution in [0.3, 0.4) is 0 Å². The van der Waals surface area contributed by atoms with Gasteiger partial charge in [-0.2, -0.15) is 13.2 Å². The summed E-state index contributed by atoms with van der Waals surface area (Å²) < 4.78 is 48.4. The lowest BCUT2D eigenvalue weighted by molar-refractivity contribution is -0.137. The van der Waals surface area contributed by atoms with E-state index in [-0.39, 0.29) is 11.5 Å². The minimum Gasteiger partial charge on any atom is -0.493 e. The highest BCUT2D eigenvalue weighted by molar-refractivity contribution is 5.94. The predicted octanol–water partition coefficient (Wildman–Crippen LogP) is 4.38.